The topological polar surface area (TPSA) is 34.1 Å². The third-order valence-corrected chi connectivity index (χ3v) is 4.84. The Hall–Kier alpha value is -1.79. The van der Waals surface area contributed by atoms with Crippen LogP contribution < -0.4 is 5.30 Å². The molecular formula is C16H16O2P. The molecule has 1 atom stereocenters. The predicted molar refractivity (Wildman–Crippen MR) is 78.7 cm³/mol. The maximum absolute atomic E-state index is 12.3. The molecule has 2 rings (SSSR count). The van der Waals surface area contributed by atoms with Crippen molar-refractivity contribution in [1.82, 2.24) is 0 Å². The number of carbonyl (C=O) groups excluding carboxylic acids is 1. The fourth-order valence-electron chi connectivity index (χ4n) is 1.98. The summed E-state index contributed by atoms with van der Waals surface area (Å²) in [5, 5.41) is 0.583. The summed E-state index contributed by atoms with van der Waals surface area (Å²) in [6.07, 6.45) is 0. The van der Waals surface area contributed by atoms with Crippen molar-refractivity contribution in [2.24, 2.45) is 0 Å². The molecule has 0 fully saturated rings. The third-order valence-electron chi connectivity index (χ3n) is 3.46. The number of carbonyl (C=O) groups is 1. The molecule has 0 saturated carbocycles. The van der Waals surface area contributed by atoms with Gasteiger partial charge in [0.25, 0.3) is 0 Å². The van der Waals surface area contributed by atoms with Crippen molar-refractivity contribution in [3.8, 4) is 0 Å². The molecule has 0 saturated heterocycles. The molecule has 0 aliphatic carbocycles. The zero-order chi connectivity index (χ0) is 14.0. The van der Waals surface area contributed by atoms with Gasteiger partial charge in [-0.1, -0.05) is 30.3 Å². The van der Waals surface area contributed by atoms with Gasteiger partial charge in [-0.05, 0) is 49.6 Å². The second kappa shape index (κ2) is 5.46. The van der Waals surface area contributed by atoms with Gasteiger partial charge < -0.3 is 0 Å². The minimum Gasteiger partial charge on any atom is -0.281 e. The highest BCUT2D eigenvalue weighted by atomic mass is 31.1. The molecule has 0 heterocycles. The molecule has 2 aromatic carbocycles. The molecule has 3 heteroatoms. The molecule has 0 N–H and O–H groups in total. The van der Waals surface area contributed by atoms with E-state index in [9.17, 15) is 9.36 Å². The van der Waals surface area contributed by atoms with Gasteiger partial charge in [0.2, 0.25) is 5.52 Å². The van der Waals surface area contributed by atoms with Crippen LogP contribution >= 0.6 is 7.80 Å². The van der Waals surface area contributed by atoms with E-state index in [0.29, 0.717) is 10.9 Å². The monoisotopic (exact) mass is 271 g/mol. The van der Waals surface area contributed by atoms with Crippen LogP contribution in [0.1, 0.15) is 27.0 Å². The van der Waals surface area contributed by atoms with Gasteiger partial charge in [-0.15, -0.1) is 0 Å². The molecule has 19 heavy (non-hydrogen) atoms. The van der Waals surface area contributed by atoms with Gasteiger partial charge in [-0.2, -0.15) is 0 Å². The van der Waals surface area contributed by atoms with Crippen LogP contribution in [0.15, 0.2) is 42.5 Å². The summed E-state index contributed by atoms with van der Waals surface area (Å²) in [5.41, 5.74) is 3.42. The minimum absolute atomic E-state index is 0.290. The Balaban J connectivity index is 2.41. The van der Waals surface area contributed by atoms with E-state index < -0.39 is 7.80 Å². The summed E-state index contributed by atoms with van der Waals surface area (Å²) in [7, 11) is -2.04. The van der Waals surface area contributed by atoms with Gasteiger partial charge in [-0.3, -0.25) is 9.36 Å². The van der Waals surface area contributed by atoms with Crippen LogP contribution in [0.3, 0.4) is 0 Å². The second-order valence-electron chi connectivity index (χ2n) is 4.62. The van der Waals surface area contributed by atoms with Crippen molar-refractivity contribution >= 4 is 18.6 Å². The second-order valence-corrected chi connectivity index (χ2v) is 6.13. The zero-order valence-electron chi connectivity index (χ0n) is 11.3. The van der Waals surface area contributed by atoms with Gasteiger partial charge >= 0.3 is 0 Å². The lowest BCUT2D eigenvalue weighted by molar-refractivity contribution is 0.107. The summed E-state index contributed by atoms with van der Waals surface area (Å²) in [5.74, 6) is 0. The summed E-state index contributed by atoms with van der Waals surface area (Å²) < 4.78 is 12.3. The maximum Gasteiger partial charge on any atom is 0.246 e. The highest BCUT2D eigenvalue weighted by Crippen LogP contribution is 2.29. The lowest BCUT2D eigenvalue weighted by Crippen LogP contribution is -2.06. The summed E-state index contributed by atoms with van der Waals surface area (Å²) in [6, 6.07) is 12.6. The Morgan fingerprint density at radius 2 is 1.53 bits per heavy atom. The van der Waals surface area contributed by atoms with Crippen LogP contribution in [0, 0.1) is 20.8 Å². The maximum atomic E-state index is 12.3. The fourth-order valence-corrected chi connectivity index (χ4v) is 3.12. The van der Waals surface area contributed by atoms with Gasteiger partial charge in [0, 0.05) is 10.9 Å². The van der Waals surface area contributed by atoms with Crippen molar-refractivity contribution in [3.05, 3.63) is 64.7 Å². The molecule has 0 aromatic heterocycles. The van der Waals surface area contributed by atoms with Crippen LogP contribution in [-0.4, -0.2) is 5.52 Å². The average Bonchev–Trinajstić information content (AvgIpc) is 2.44. The molecule has 0 aliphatic rings. The predicted octanol–water partition coefficient (Wildman–Crippen LogP) is 3.90. The van der Waals surface area contributed by atoms with Crippen LogP contribution in [0.5, 0.6) is 0 Å². The molecule has 2 aromatic rings. The van der Waals surface area contributed by atoms with Crippen molar-refractivity contribution in [1.29, 1.82) is 0 Å². The van der Waals surface area contributed by atoms with E-state index in [1.807, 2.05) is 32.9 Å². The van der Waals surface area contributed by atoms with Gasteiger partial charge in [-0.25, -0.2) is 0 Å². The number of hydrogen-bond acceptors (Lipinski definition) is 2. The molecule has 0 amide bonds. The first-order valence-corrected chi connectivity index (χ1v) is 7.41. The molecular weight excluding hydrogens is 255 g/mol. The number of hydrogen-bond donors (Lipinski definition) is 0. The molecule has 0 aliphatic heterocycles. The lowest BCUT2D eigenvalue weighted by Gasteiger charge is -2.09. The van der Waals surface area contributed by atoms with Gasteiger partial charge in [0.05, 0.1) is 0 Å². The van der Waals surface area contributed by atoms with E-state index >= 15 is 0 Å². The van der Waals surface area contributed by atoms with Crippen molar-refractivity contribution in [3.63, 3.8) is 0 Å². The van der Waals surface area contributed by atoms with E-state index in [1.54, 1.807) is 30.3 Å². The SMILES string of the molecule is Cc1ccc(C(=O)[P](=O)c2ccccc2)c(C)c1C. The number of benzene rings is 2. The summed E-state index contributed by atoms with van der Waals surface area (Å²) >= 11 is 0. The Morgan fingerprint density at radius 1 is 0.895 bits per heavy atom. The zero-order valence-corrected chi connectivity index (χ0v) is 12.2. The third kappa shape index (κ3) is 2.64. The summed E-state index contributed by atoms with van der Waals surface area (Å²) in [4.78, 5) is 12.3. The molecule has 1 unspecified atom stereocenters. The Morgan fingerprint density at radius 3 is 2.16 bits per heavy atom. The first-order valence-electron chi connectivity index (χ1n) is 6.16. The van der Waals surface area contributed by atoms with Crippen molar-refractivity contribution in [2.75, 3.05) is 0 Å². The largest absolute Gasteiger partial charge is 0.281 e. The number of rotatable bonds is 3. The van der Waals surface area contributed by atoms with Gasteiger partial charge in [0.1, 0.15) is 0 Å². The molecule has 2 nitrogen and oxygen atoms in total. The first-order chi connectivity index (χ1) is 9.02. The Labute approximate surface area is 114 Å². The smallest absolute Gasteiger partial charge is 0.246 e. The minimum atomic E-state index is -2.04. The standard InChI is InChI=1S/C16H16O2P/c1-11-9-10-15(13(3)12(11)2)16(17)19(18)14-7-5-4-6-8-14/h4-10H,1-3H3. The van der Waals surface area contributed by atoms with Crippen LogP contribution in [0.2, 0.25) is 0 Å². The Kier molecular flexibility index (Phi) is 3.92. The first kappa shape index (κ1) is 13.6. The van der Waals surface area contributed by atoms with Crippen molar-refractivity contribution in [2.45, 2.75) is 20.8 Å². The van der Waals surface area contributed by atoms with E-state index in [-0.39, 0.29) is 5.52 Å². The van der Waals surface area contributed by atoms with Crippen LogP contribution in [0.4, 0.5) is 0 Å². The fraction of sp³-hybridized carbons (Fsp3) is 0.188. The van der Waals surface area contributed by atoms with E-state index in [4.69, 9.17) is 0 Å². The number of aryl methyl sites for hydroxylation is 1. The molecule has 1 radical (unpaired) electrons. The van der Waals surface area contributed by atoms with Crippen LogP contribution in [-0.2, 0) is 4.57 Å². The van der Waals surface area contributed by atoms with E-state index in [2.05, 4.69) is 0 Å². The normalized spacial score (nSPS) is 11.2. The summed E-state index contributed by atoms with van der Waals surface area (Å²) in [6.45, 7) is 5.90. The van der Waals surface area contributed by atoms with Gasteiger partial charge in [0.15, 0.2) is 7.80 Å². The quantitative estimate of drug-likeness (QED) is 0.793. The van der Waals surface area contributed by atoms with Crippen LogP contribution in [0.25, 0.3) is 0 Å². The molecule has 0 bridgehead atoms. The molecule has 0 spiro atoms. The van der Waals surface area contributed by atoms with E-state index in [0.717, 1.165) is 16.7 Å². The van der Waals surface area contributed by atoms with E-state index in [1.165, 1.54) is 0 Å². The highest BCUT2D eigenvalue weighted by Gasteiger charge is 2.20. The lowest BCUT2D eigenvalue weighted by atomic mass is 10.00. The Bertz CT molecular complexity index is 645. The van der Waals surface area contributed by atoms with Crippen molar-refractivity contribution < 1.29 is 9.36 Å². The average molecular weight is 271 g/mol. The molecule has 97 valence electrons. The highest BCUT2D eigenvalue weighted by molar-refractivity contribution is 7.71.